The van der Waals surface area contributed by atoms with Crippen LogP contribution in [0.5, 0.6) is 0 Å². The Bertz CT molecular complexity index is 612. The Hall–Kier alpha value is -1.21. The Morgan fingerprint density at radius 3 is 2.58 bits per heavy atom. The summed E-state index contributed by atoms with van der Waals surface area (Å²) in [5.74, 6) is 0. The van der Waals surface area contributed by atoms with E-state index in [-0.39, 0.29) is 10.9 Å². The summed E-state index contributed by atoms with van der Waals surface area (Å²) in [6.45, 7) is 3.94. The van der Waals surface area contributed by atoms with Crippen LogP contribution >= 0.6 is 0 Å². The van der Waals surface area contributed by atoms with E-state index in [1.54, 1.807) is 18.2 Å². The standard InChI is InChI=1S/C13H18N2O3S/c1-9-8-10(14)6-7-13(9,15)11-4-2-3-5-12(11)19(16,17)18/h2-5,10H,1,6-8,14-15H2,(H,16,17,18). The van der Waals surface area contributed by atoms with Gasteiger partial charge in [0, 0.05) is 6.04 Å². The molecule has 1 saturated carbocycles. The third-order valence-corrected chi connectivity index (χ3v) is 4.61. The number of rotatable bonds is 2. The smallest absolute Gasteiger partial charge is 0.294 e. The van der Waals surface area contributed by atoms with Crippen molar-refractivity contribution in [2.75, 3.05) is 0 Å². The van der Waals surface area contributed by atoms with E-state index in [2.05, 4.69) is 6.58 Å². The summed E-state index contributed by atoms with van der Waals surface area (Å²) in [6, 6.07) is 6.21. The van der Waals surface area contributed by atoms with Crippen LogP contribution in [0.4, 0.5) is 0 Å². The van der Waals surface area contributed by atoms with Gasteiger partial charge in [0.25, 0.3) is 10.1 Å². The molecule has 0 spiro atoms. The van der Waals surface area contributed by atoms with E-state index >= 15 is 0 Å². The molecule has 104 valence electrons. The first-order valence-corrected chi connectivity index (χ1v) is 7.49. The molecule has 0 bridgehead atoms. The SMILES string of the molecule is C=C1CC(N)CCC1(N)c1ccccc1S(=O)(=O)O. The lowest BCUT2D eigenvalue weighted by atomic mass is 9.73. The summed E-state index contributed by atoms with van der Waals surface area (Å²) in [4.78, 5) is -0.158. The molecule has 2 unspecified atom stereocenters. The van der Waals surface area contributed by atoms with Crippen molar-refractivity contribution < 1.29 is 13.0 Å². The van der Waals surface area contributed by atoms with E-state index in [1.165, 1.54) is 6.07 Å². The Morgan fingerprint density at radius 1 is 1.37 bits per heavy atom. The van der Waals surface area contributed by atoms with Gasteiger partial charge in [0.15, 0.2) is 0 Å². The Balaban J connectivity index is 2.56. The fraction of sp³-hybridized carbons (Fsp3) is 0.385. The molecule has 1 aromatic carbocycles. The normalized spacial score (nSPS) is 28.4. The average Bonchev–Trinajstić information content (AvgIpc) is 2.33. The molecule has 2 rings (SSSR count). The molecule has 0 aromatic heterocycles. The largest absolute Gasteiger partial charge is 0.327 e. The molecule has 2 atom stereocenters. The van der Waals surface area contributed by atoms with Crippen molar-refractivity contribution >= 4 is 10.1 Å². The second-order valence-corrected chi connectivity index (χ2v) is 6.44. The molecule has 0 aliphatic heterocycles. The molecule has 1 aromatic rings. The van der Waals surface area contributed by atoms with E-state index in [1.807, 2.05) is 0 Å². The van der Waals surface area contributed by atoms with Gasteiger partial charge in [-0.05, 0) is 30.9 Å². The first-order chi connectivity index (χ1) is 8.75. The molecule has 5 nitrogen and oxygen atoms in total. The topological polar surface area (TPSA) is 106 Å². The Labute approximate surface area is 113 Å². The zero-order chi connectivity index (χ0) is 14.3. The van der Waals surface area contributed by atoms with Gasteiger partial charge in [0.1, 0.15) is 0 Å². The van der Waals surface area contributed by atoms with Crippen LogP contribution in [0.1, 0.15) is 24.8 Å². The minimum Gasteiger partial charge on any atom is -0.327 e. The van der Waals surface area contributed by atoms with Gasteiger partial charge in [0.05, 0.1) is 10.4 Å². The van der Waals surface area contributed by atoms with Crippen LogP contribution < -0.4 is 11.5 Å². The van der Waals surface area contributed by atoms with Crippen LogP contribution in [-0.2, 0) is 15.7 Å². The third-order valence-electron chi connectivity index (χ3n) is 3.69. The second-order valence-electron chi connectivity index (χ2n) is 5.05. The number of nitrogens with two attached hydrogens (primary N) is 2. The quantitative estimate of drug-likeness (QED) is 0.557. The van der Waals surface area contributed by atoms with Crippen LogP contribution in [0.2, 0.25) is 0 Å². The summed E-state index contributed by atoms with van der Waals surface area (Å²) in [6.07, 6.45) is 1.76. The van der Waals surface area contributed by atoms with E-state index < -0.39 is 15.7 Å². The maximum absolute atomic E-state index is 11.5. The molecule has 0 radical (unpaired) electrons. The fourth-order valence-corrected chi connectivity index (χ4v) is 3.35. The molecule has 6 heteroatoms. The highest BCUT2D eigenvalue weighted by Gasteiger charge is 2.38. The first kappa shape index (κ1) is 14.2. The third kappa shape index (κ3) is 2.57. The summed E-state index contributed by atoms with van der Waals surface area (Å²) < 4.78 is 32.2. The second kappa shape index (κ2) is 4.72. The van der Waals surface area contributed by atoms with E-state index in [9.17, 15) is 13.0 Å². The van der Waals surface area contributed by atoms with Crippen LogP contribution in [0.15, 0.2) is 41.3 Å². The molecule has 5 N–H and O–H groups in total. The van der Waals surface area contributed by atoms with Crippen molar-refractivity contribution in [3.8, 4) is 0 Å². The van der Waals surface area contributed by atoms with Crippen molar-refractivity contribution in [1.82, 2.24) is 0 Å². The summed E-state index contributed by atoms with van der Waals surface area (Å²) in [7, 11) is -4.31. The average molecular weight is 282 g/mol. The first-order valence-electron chi connectivity index (χ1n) is 6.05. The Morgan fingerprint density at radius 2 is 2.00 bits per heavy atom. The van der Waals surface area contributed by atoms with Crippen LogP contribution in [0, 0.1) is 0 Å². The maximum Gasteiger partial charge on any atom is 0.294 e. The van der Waals surface area contributed by atoms with Crippen molar-refractivity contribution in [2.24, 2.45) is 11.5 Å². The highest BCUT2D eigenvalue weighted by atomic mass is 32.2. The van der Waals surface area contributed by atoms with Gasteiger partial charge in [-0.2, -0.15) is 8.42 Å². The molecule has 0 saturated heterocycles. The highest BCUT2D eigenvalue weighted by molar-refractivity contribution is 7.85. The van der Waals surface area contributed by atoms with Gasteiger partial charge in [-0.1, -0.05) is 30.4 Å². The summed E-state index contributed by atoms with van der Waals surface area (Å²) in [5.41, 5.74) is 12.3. The lowest BCUT2D eigenvalue weighted by Crippen LogP contribution is -2.46. The Kier molecular flexibility index (Phi) is 3.53. The molecule has 0 heterocycles. The van der Waals surface area contributed by atoms with E-state index in [0.29, 0.717) is 30.4 Å². The van der Waals surface area contributed by atoms with Crippen LogP contribution in [-0.4, -0.2) is 19.0 Å². The molecule has 0 amide bonds. The van der Waals surface area contributed by atoms with Gasteiger partial charge < -0.3 is 11.5 Å². The molecule has 1 aliphatic carbocycles. The van der Waals surface area contributed by atoms with Crippen molar-refractivity contribution in [3.63, 3.8) is 0 Å². The number of benzene rings is 1. The predicted molar refractivity (Wildman–Crippen MR) is 73.1 cm³/mol. The zero-order valence-corrected chi connectivity index (χ0v) is 11.4. The monoisotopic (exact) mass is 282 g/mol. The molecule has 19 heavy (non-hydrogen) atoms. The maximum atomic E-state index is 11.5. The fourth-order valence-electron chi connectivity index (χ4n) is 2.58. The van der Waals surface area contributed by atoms with Gasteiger partial charge in [0.2, 0.25) is 0 Å². The van der Waals surface area contributed by atoms with Gasteiger partial charge >= 0.3 is 0 Å². The minimum atomic E-state index is -4.31. The lowest BCUT2D eigenvalue weighted by molar-refractivity contribution is 0.359. The van der Waals surface area contributed by atoms with Crippen LogP contribution in [0.25, 0.3) is 0 Å². The lowest BCUT2D eigenvalue weighted by Gasteiger charge is -2.39. The van der Waals surface area contributed by atoms with Crippen molar-refractivity contribution in [1.29, 1.82) is 0 Å². The highest BCUT2D eigenvalue weighted by Crippen LogP contribution is 2.40. The molecule has 1 aliphatic rings. The molecule has 1 fully saturated rings. The molecular weight excluding hydrogens is 264 g/mol. The van der Waals surface area contributed by atoms with Crippen molar-refractivity contribution in [2.45, 2.75) is 35.7 Å². The van der Waals surface area contributed by atoms with Gasteiger partial charge in [-0.3, -0.25) is 4.55 Å². The summed E-state index contributed by atoms with van der Waals surface area (Å²) >= 11 is 0. The van der Waals surface area contributed by atoms with Crippen molar-refractivity contribution in [3.05, 3.63) is 42.0 Å². The van der Waals surface area contributed by atoms with Gasteiger partial charge in [-0.15, -0.1) is 0 Å². The number of hydrogen-bond acceptors (Lipinski definition) is 4. The van der Waals surface area contributed by atoms with E-state index in [4.69, 9.17) is 11.5 Å². The number of hydrogen-bond donors (Lipinski definition) is 3. The zero-order valence-electron chi connectivity index (χ0n) is 10.5. The summed E-state index contributed by atoms with van der Waals surface area (Å²) in [5, 5.41) is 0. The predicted octanol–water partition coefficient (Wildman–Crippen LogP) is 1.15. The minimum absolute atomic E-state index is 0.00192. The molecular formula is C13H18N2O3S. The van der Waals surface area contributed by atoms with Crippen LogP contribution in [0.3, 0.4) is 0 Å². The van der Waals surface area contributed by atoms with E-state index in [0.717, 1.165) is 0 Å². The van der Waals surface area contributed by atoms with Gasteiger partial charge in [-0.25, -0.2) is 0 Å².